The van der Waals surface area contributed by atoms with Crippen LogP contribution in [0.1, 0.15) is 32.5 Å². The second-order valence-electron chi connectivity index (χ2n) is 6.56. The Morgan fingerprint density at radius 3 is 2.46 bits per heavy atom. The Morgan fingerprint density at radius 1 is 0.964 bits per heavy atom. The van der Waals surface area contributed by atoms with E-state index in [1.807, 2.05) is 54.6 Å². The molecular weight excluding hydrogens is 352 g/mol. The highest BCUT2D eigenvalue weighted by Gasteiger charge is 2.25. The average molecular weight is 372 g/mol. The van der Waals surface area contributed by atoms with E-state index in [4.69, 9.17) is 0 Å². The second kappa shape index (κ2) is 7.54. The lowest BCUT2D eigenvalue weighted by Crippen LogP contribution is -2.43. The van der Waals surface area contributed by atoms with Gasteiger partial charge in [-0.25, -0.2) is 5.43 Å². The fraction of sp³-hybridized carbons (Fsp3) is 0.0909. The quantitative estimate of drug-likeness (QED) is 0.359. The number of carbonyl (C=O) groups is 2. The van der Waals surface area contributed by atoms with Gasteiger partial charge < -0.3 is 9.55 Å². The molecule has 0 aliphatic carbocycles. The fourth-order valence-corrected chi connectivity index (χ4v) is 3.28. The minimum absolute atomic E-state index is 0.129. The number of aryl methyl sites for hydroxylation is 1. The molecule has 0 fully saturated rings. The largest absolute Gasteiger partial charge is 0.360 e. The molecule has 3 N–H and O–H groups in total. The zero-order chi connectivity index (χ0) is 19.5. The monoisotopic (exact) mass is 372 g/mol. The number of ketones is 1. The van der Waals surface area contributed by atoms with Crippen molar-refractivity contribution in [3.63, 3.8) is 0 Å². The smallest absolute Gasteiger partial charge is 0.282 e. The van der Waals surface area contributed by atoms with Crippen molar-refractivity contribution in [3.8, 4) is 0 Å². The highest BCUT2D eigenvalue weighted by molar-refractivity contribution is 6.10. The van der Waals surface area contributed by atoms with E-state index in [1.165, 1.54) is 0 Å². The van der Waals surface area contributed by atoms with Crippen LogP contribution in [-0.4, -0.2) is 21.2 Å². The van der Waals surface area contributed by atoms with Gasteiger partial charge in [-0.15, -0.1) is 0 Å². The molecule has 2 aromatic heterocycles. The van der Waals surface area contributed by atoms with Crippen LogP contribution in [0.15, 0.2) is 79.1 Å². The third kappa shape index (κ3) is 3.33. The predicted molar refractivity (Wildman–Crippen MR) is 108 cm³/mol. The highest BCUT2D eigenvalue weighted by atomic mass is 16.2. The van der Waals surface area contributed by atoms with Gasteiger partial charge in [-0.05, 0) is 23.8 Å². The zero-order valence-corrected chi connectivity index (χ0v) is 15.3. The number of benzene rings is 2. The number of nitrogens with zero attached hydrogens (tertiary/aromatic N) is 1. The van der Waals surface area contributed by atoms with Gasteiger partial charge in [0.05, 0.1) is 0 Å². The number of aromatic amines is 1. The molecule has 0 aliphatic heterocycles. The molecule has 4 aromatic rings. The van der Waals surface area contributed by atoms with Crippen LogP contribution in [0.5, 0.6) is 0 Å². The number of amides is 1. The van der Waals surface area contributed by atoms with Crippen molar-refractivity contribution in [2.75, 3.05) is 0 Å². The lowest BCUT2D eigenvalue weighted by atomic mass is 9.97. The summed E-state index contributed by atoms with van der Waals surface area (Å²) in [5.41, 5.74) is 8.34. The number of H-pyrrole nitrogens is 1. The number of hydrogen-bond donors (Lipinski definition) is 3. The zero-order valence-electron chi connectivity index (χ0n) is 15.3. The Labute approximate surface area is 162 Å². The Morgan fingerprint density at radius 2 is 1.71 bits per heavy atom. The Balaban J connectivity index is 1.63. The maximum atomic E-state index is 13.3. The molecule has 0 bridgehead atoms. The standard InChI is InChI=1S/C22H20N4O2/c1-26-13-7-12-19(26)22(28)25-24-20(15-8-3-2-4-9-15)21(27)17-14-23-18-11-6-5-10-16(17)18/h2-14,20,23-24H,1H3,(H,25,28). The molecule has 0 saturated heterocycles. The molecule has 0 radical (unpaired) electrons. The number of hydrogen-bond acceptors (Lipinski definition) is 3. The summed E-state index contributed by atoms with van der Waals surface area (Å²) in [6.45, 7) is 0. The summed E-state index contributed by atoms with van der Waals surface area (Å²) in [7, 11) is 1.79. The summed E-state index contributed by atoms with van der Waals surface area (Å²) in [5.74, 6) is -0.434. The van der Waals surface area contributed by atoms with Crippen molar-refractivity contribution in [2.24, 2.45) is 7.05 Å². The van der Waals surface area contributed by atoms with E-state index in [-0.39, 0.29) is 11.7 Å². The third-order valence-electron chi connectivity index (χ3n) is 4.76. The van der Waals surface area contributed by atoms with Crippen molar-refractivity contribution < 1.29 is 9.59 Å². The lowest BCUT2D eigenvalue weighted by Gasteiger charge is -2.19. The summed E-state index contributed by atoms with van der Waals surface area (Å²) in [6, 6.07) is 19.8. The number of fused-ring (bicyclic) bond motifs is 1. The van der Waals surface area contributed by atoms with Crippen LogP contribution in [-0.2, 0) is 7.05 Å². The molecule has 0 saturated carbocycles. The van der Waals surface area contributed by atoms with Gasteiger partial charge in [0.2, 0.25) is 0 Å². The molecule has 0 spiro atoms. The lowest BCUT2D eigenvalue weighted by molar-refractivity contribution is 0.0879. The Bertz CT molecular complexity index is 1130. The molecule has 1 atom stereocenters. The van der Waals surface area contributed by atoms with Gasteiger partial charge in [0.25, 0.3) is 5.91 Å². The highest BCUT2D eigenvalue weighted by Crippen LogP contribution is 2.24. The third-order valence-corrected chi connectivity index (χ3v) is 4.76. The predicted octanol–water partition coefficient (Wildman–Crippen LogP) is 3.37. The average Bonchev–Trinajstić information content (AvgIpc) is 3.35. The van der Waals surface area contributed by atoms with E-state index in [0.29, 0.717) is 11.3 Å². The molecule has 6 nitrogen and oxygen atoms in total. The molecule has 0 aliphatic rings. The van der Waals surface area contributed by atoms with E-state index in [0.717, 1.165) is 16.5 Å². The minimum atomic E-state index is -0.718. The summed E-state index contributed by atoms with van der Waals surface area (Å²) >= 11 is 0. The van der Waals surface area contributed by atoms with E-state index >= 15 is 0 Å². The summed E-state index contributed by atoms with van der Waals surface area (Å²) < 4.78 is 1.72. The topological polar surface area (TPSA) is 78.9 Å². The van der Waals surface area contributed by atoms with Gasteiger partial charge >= 0.3 is 0 Å². The van der Waals surface area contributed by atoms with Crippen LogP contribution in [0, 0.1) is 0 Å². The molecule has 2 aromatic carbocycles. The van der Waals surface area contributed by atoms with E-state index in [1.54, 1.807) is 36.1 Å². The molecule has 1 amide bonds. The molecule has 140 valence electrons. The number of hydrazine groups is 1. The fourth-order valence-electron chi connectivity index (χ4n) is 3.28. The van der Waals surface area contributed by atoms with Crippen molar-refractivity contribution in [3.05, 3.63) is 95.9 Å². The molecule has 2 heterocycles. The number of Topliss-reactive ketones (excluding diaryl/α,β-unsaturated/α-hetero) is 1. The van der Waals surface area contributed by atoms with Crippen LogP contribution < -0.4 is 10.9 Å². The van der Waals surface area contributed by atoms with Gasteiger partial charge in [-0.3, -0.25) is 15.0 Å². The van der Waals surface area contributed by atoms with Crippen LogP contribution in [0.3, 0.4) is 0 Å². The van der Waals surface area contributed by atoms with Crippen LogP contribution in [0.4, 0.5) is 0 Å². The van der Waals surface area contributed by atoms with Gasteiger partial charge in [0.1, 0.15) is 11.7 Å². The summed E-state index contributed by atoms with van der Waals surface area (Å²) in [5, 5.41) is 0.851. The maximum absolute atomic E-state index is 13.3. The molecule has 28 heavy (non-hydrogen) atoms. The molecule has 6 heteroatoms. The first-order chi connectivity index (χ1) is 13.6. The number of nitrogens with one attached hydrogen (secondary N) is 3. The SMILES string of the molecule is Cn1cccc1C(=O)NNC(C(=O)c1c[nH]c2ccccc12)c1ccccc1. The number of aromatic nitrogens is 2. The van der Waals surface area contributed by atoms with Crippen molar-refractivity contribution >= 4 is 22.6 Å². The van der Waals surface area contributed by atoms with E-state index in [9.17, 15) is 9.59 Å². The number of rotatable bonds is 6. The van der Waals surface area contributed by atoms with Gasteiger partial charge in [-0.2, -0.15) is 0 Å². The van der Waals surface area contributed by atoms with E-state index in [2.05, 4.69) is 15.8 Å². The normalized spacial score (nSPS) is 12.0. The second-order valence-corrected chi connectivity index (χ2v) is 6.56. The Kier molecular flexibility index (Phi) is 4.78. The minimum Gasteiger partial charge on any atom is -0.360 e. The van der Waals surface area contributed by atoms with Crippen LogP contribution in [0.2, 0.25) is 0 Å². The molecular formula is C22H20N4O2. The number of carbonyl (C=O) groups excluding carboxylic acids is 2. The van der Waals surface area contributed by atoms with Gasteiger partial charge in [0.15, 0.2) is 5.78 Å². The van der Waals surface area contributed by atoms with Crippen molar-refractivity contribution in [2.45, 2.75) is 6.04 Å². The van der Waals surface area contributed by atoms with Crippen molar-refractivity contribution in [1.82, 2.24) is 20.4 Å². The van der Waals surface area contributed by atoms with Gasteiger partial charge in [-0.1, -0.05) is 48.5 Å². The van der Waals surface area contributed by atoms with Crippen molar-refractivity contribution in [1.29, 1.82) is 0 Å². The Hall–Kier alpha value is -3.64. The maximum Gasteiger partial charge on any atom is 0.282 e. The van der Waals surface area contributed by atoms with Crippen LogP contribution in [0.25, 0.3) is 10.9 Å². The van der Waals surface area contributed by atoms with E-state index < -0.39 is 6.04 Å². The summed E-state index contributed by atoms with van der Waals surface area (Å²) in [6.07, 6.45) is 3.50. The van der Waals surface area contributed by atoms with Gasteiger partial charge in [0, 0.05) is 35.9 Å². The van der Waals surface area contributed by atoms with Crippen LogP contribution >= 0.6 is 0 Å². The summed E-state index contributed by atoms with van der Waals surface area (Å²) in [4.78, 5) is 29.0. The molecule has 1 unspecified atom stereocenters. The first-order valence-corrected chi connectivity index (χ1v) is 8.97. The first-order valence-electron chi connectivity index (χ1n) is 8.97. The molecule has 4 rings (SSSR count). The first kappa shape index (κ1) is 17.8. The number of para-hydroxylation sites is 1.